The van der Waals surface area contributed by atoms with Crippen molar-refractivity contribution < 1.29 is 0 Å². The molecule has 1 heterocycles. The van der Waals surface area contributed by atoms with E-state index in [1.807, 2.05) is 0 Å². The third-order valence-corrected chi connectivity index (χ3v) is 4.56. The molecule has 0 aromatic carbocycles. The average molecular weight is 238 g/mol. The first-order valence-corrected chi connectivity index (χ1v) is 7.60. The Hall–Kier alpha value is -0.0800. The molecule has 1 saturated heterocycles. The standard InChI is InChI=1S/C15H30N2/c1-4-10-16-13-7-5-6-8-14(13)17-11-9-15(2,3)12-17/h13-14,16H,4-12H2,1-3H3. The van der Waals surface area contributed by atoms with Crippen molar-refractivity contribution in [1.82, 2.24) is 10.2 Å². The lowest BCUT2D eigenvalue weighted by Crippen LogP contribution is -2.51. The molecule has 2 nitrogen and oxygen atoms in total. The molecule has 0 bridgehead atoms. The lowest BCUT2D eigenvalue weighted by atomic mass is 9.88. The number of likely N-dealkylation sites (tertiary alicyclic amines) is 1. The van der Waals surface area contributed by atoms with E-state index in [0.29, 0.717) is 5.41 Å². The number of nitrogens with one attached hydrogen (secondary N) is 1. The quantitative estimate of drug-likeness (QED) is 0.810. The van der Waals surface area contributed by atoms with Crippen molar-refractivity contribution in [2.75, 3.05) is 19.6 Å². The summed E-state index contributed by atoms with van der Waals surface area (Å²) in [5, 5.41) is 3.78. The minimum Gasteiger partial charge on any atom is -0.312 e. The van der Waals surface area contributed by atoms with Crippen LogP contribution in [0.25, 0.3) is 0 Å². The van der Waals surface area contributed by atoms with Crippen LogP contribution in [0.15, 0.2) is 0 Å². The Morgan fingerprint density at radius 2 is 2.00 bits per heavy atom. The highest BCUT2D eigenvalue weighted by molar-refractivity contribution is 4.93. The third-order valence-electron chi connectivity index (χ3n) is 4.56. The van der Waals surface area contributed by atoms with Gasteiger partial charge in [-0.05, 0) is 44.2 Å². The highest BCUT2D eigenvalue weighted by atomic mass is 15.2. The van der Waals surface area contributed by atoms with Crippen molar-refractivity contribution in [3.05, 3.63) is 0 Å². The maximum atomic E-state index is 3.78. The van der Waals surface area contributed by atoms with Gasteiger partial charge in [0.2, 0.25) is 0 Å². The summed E-state index contributed by atoms with van der Waals surface area (Å²) in [6.07, 6.45) is 8.30. The molecular formula is C15H30N2. The van der Waals surface area contributed by atoms with Crippen LogP contribution in [0.2, 0.25) is 0 Å². The van der Waals surface area contributed by atoms with E-state index in [9.17, 15) is 0 Å². The summed E-state index contributed by atoms with van der Waals surface area (Å²) in [7, 11) is 0. The highest BCUT2D eigenvalue weighted by Gasteiger charge is 2.37. The molecule has 2 unspecified atom stereocenters. The van der Waals surface area contributed by atoms with Gasteiger partial charge in [0, 0.05) is 18.6 Å². The van der Waals surface area contributed by atoms with Crippen LogP contribution in [-0.2, 0) is 0 Å². The normalized spacial score (nSPS) is 34.1. The number of nitrogens with zero attached hydrogens (tertiary/aromatic N) is 1. The van der Waals surface area contributed by atoms with Gasteiger partial charge in [0.15, 0.2) is 0 Å². The van der Waals surface area contributed by atoms with Crippen LogP contribution >= 0.6 is 0 Å². The third kappa shape index (κ3) is 3.45. The fourth-order valence-corrected chi connectivity index (χ4v) is 3.55. The Morgan fingerprint density at radius 1 is 1.24 bits per heavy atom. The Kier molecular flexibility index (Phi) is 4.48. The predicted octanol–water partition coefficient (Wildman–Crippen LogP) is 3.03. The van der Waals surface area contributed by atoms with Gasteiger partial charge in [-0.1, -0.05) is 33.6 Å². The minimum absolute atomic E-state index is 0.548. The first-order chi connectivity index (χ1) is 8.12. The molecule has 2 rings (SSSR count). The molecule has 1 aliphatic carbocycles. The van der Waals surface area contributed by atoms with Crippen molar-refractivity contribution in [3.8, 4) is 0 Å². The topological polar surface area (TPSA) is 15.3 Å². The lowest BCUT2D eigenvalue weighted by Gasteiger charge is -2.39. The van der Waals surface area contributed by atoms with Crippen LogP contribution in [0.5, 0.6) is 0 Å². The van der Waals surface area contributed by atoms with Crippen LogP contribution in [0.3, 0.4) is 0 Å². The van der Waals surface area contributed by atoms with Gasteiger partial charge >= 0.3 is 0 Å². The molecule has 2 atom stereocenters. The first kappa shape index (κ1) is 13.4. The zero-order valence-corrected chi connectivity index (χ0v) is 12.0. The molecule has 0 radical (unpaired) electrons. The molecule has 17 heavy (non-hydrogen) atoms. The fourth-order valence-electron chi connectivity index (χ4n) is 3.55. The highest BCUT2D eigenvalue weighted by Crippen LogP contribution is 2.34. The van der Waals surface area contributed by atoms with Gasteiger partial charge in [0.05, 0.1) is 0 Å². The summed E-state index contributed by atoms with van der Waals surface area (Å²) in [6, 6.07) is 1.58. The Morgan fingerprint density at radius 3 is 2.65 bits per heavy atom. The Balaban J connectivity index is 1.92. The van der Waals surface area contributed by atoms with Gasteiger partial charge in [-0.15, -0.1) is 0 Å². The minimum atomic E-state index is 0.548. The van der Waals surface area contributed by atoms with Gasteiger partial charge in [-0.25, -0.2) is 0 Å². The van der Waals surface area contributed by atoms with E-state index in [2.05, 4.69) is 31.0 Å². The van der Waals surface area contributed by atoms with E-state index in [1.54, 1.807) is 0 Å². The Bertz CT molecular complexity index is 237. The zero-order chi connectivity index (χ0) is 12.3. The van der Waals surface area contributed by atoms with Gasteiger partial charge in [0.1, 0.15) is 0 Å². The van der Waals surface area contributed by atoms with Crippen LogP contribution < -0.4 is 5.32 Å². The molecule has 1 N–H and O–H groups in total. The van der Waals surface area contributed by atoms with E-state index in [4.69, 9.17) is 0 Å². The summed E-state index contributed by atoms with van der Waals surface area (Å²) in [4.78, 5) is 2.77. The maximum Gasteiger partial charge on any atom is 0.0249 e. The largest absolute Gasteiger partial charge is 0.312 e. The molecule has 0 spiro atoms. The molecule has 0 aromatic rings. The van der Waals surface area contributed by atoms with Crippen LogP contribution in [0.1, 0.15) is 59.3 Å². The SMILES string of the molecule is CCCNC1CCCCC1N1CCC(C)(C)C1. The predicted molar refractivity (Wildman–Crippen MR) is 74.3 cm³/mol. The van der Waals surface area contributed by atoms with Gasteiger partial charge in [-0.2, -0.15) is 0 Å². The Labute approximate surface area is 107 Å². The molecule has 2 aliphatic rings. The number of hydrogen-bond acceptors (Lipinski definition) is 2. The average Bonchev–Trinajstić information content (AvgIpc) is 2.67. The summed E-state index contributed by atoms with van der Waals surface area (Å²) >= 11 is 0. The second-order valence-electron chi connectivity index (χ2n) is 6.80. The smallest absolute Gasteiger partial charge is 0.0249 e. The molecule has 1 aliphatic heterocycles. The van der Waals surface area contributed by atoms with Crippen molar-refractivity contribution in [2.24, 2.45) is 5.41 Å². The number of hydrogen-bond donors (Lipinski definition) is 1. The van der Waals surface area contributed by atoms with E-state index in [1.165, 1.54) is 58.2 Å². The van der Waals surface area contributed by atoms with Gasteiger partial charge in [-0.3, -0.25) is 4.90 Å². The van der Waals surface area contributed by atoms with E-state index in [0.717, 1.165) is 12.1 Å². The van der Waals surface area contributed by atoms with Crippen molar-refractivity contribution in [3.63, 3.8) is 0 Å². The van der Waals surface area contributed by atoms with Crippen LogP contribution in [-0.4, -0.2) is 36.6 Å². The molecular weight excluding hydrogens is 208 g/mol. The van der Waals surface area contributed by atoms with E-state index in [-0.39, 0.29) is 0 Å². The van der Waals surface area contributed by atoms with Gasteiger partial charge in [0.25, 0.3) is 0 Å². The zero-order valence-electron chi connectivity index (χ0n) is 12.0. The van der Waals surface area contributed by atoms with Crippen molar-refractivity contribution in [2.45, 2.75) is 71.4 Å². The summed E-state index contributed by atoms with van der Waals surface area (Å²) in [5.74, 6) is 0. The van der Waals surface area contributed by atoms with E-state index < -0.39 is 0 Å². The molecule has 100 valence electrons. The monoisotopic (exact) mass is 238 g/mol. The molecule has 2 heteroatoms. The van der Waals surface area contributed by atoms with Gasteiger partial charge < -0.3 is 5.32 Å². The second kappa shape index (κ2) is 5.71. The first-order valence-electron chi connectivity index (χ1n) is 7.60. The van der Waals surface area contributed by atoms with Crippen molar-refractivity contribution >= 4 is 0 Å². The van der Waals surface area contributed by atoms with E-state index >= 15 is 0 Å². The summed E-state index contributed by atoms with van der Waals surface area (Å²) in [6.45, 7) is 10.9. The lowest BCUT2D eigenvalue weighted by molar-refractivity contribution is 0.136. The molecule has 1 saturated carbocycles. The fraction of sp³-hybridized carbons (Fsp3) is 1.00. The molecule has 0 amide bonds. The van der Waals surface area contributed by atoms with Crippen LogP contribution in [0, 0.1) is 5.41 Å². The second-order valence-corrected chi connectivity index (χ2v) is 6.80. The maximum absolute atomic E-state index is 3.78. The number of rotatable bonds is 4. The molecule has 0 aromatic heterocycles. The van der Waals surface area contributed by atoms with Crippen molar-refractivity contribution in [1.29, 1.82) is 0 Å². The summed E-state index contributed by atoms with van der Waals surface area (Å²) < 4.78 is 0. The molecule has 2 fully saturated rings. The summed E-state index contributed by atoms with van der Waals surface area (Å²) in [5.41, 5.74) is 0.548. The van der Waals surface area contributed by atoms with Crippen LogP contribution in [0.4, 0.5) is 0 Å².